The summed E-state index contributed by atoms with van der Waals surface area (Å²) >= 11 is 0. The van der Waals surface area contributed by atoms with Crippen LogP contribution in [0.15, 0.2) is 30.3 Å². The van der Waals surface area contributed by atoms with Crippen molar-refractivity contribution in [2.75, 3.05) is 6.61 Å². The van der Waals surface area contributed by atoms with Gasteiger partial charge >= 0.3 is 0 Å². The zero-order valence-electron chi connectivity index (χ0n) is 11.7. The Balaban J connectivity index is 1.53. The number of fused-ring (bicyclic) bond motifs is 1. The SMILES string of the molecule is CC1(C)OC2C(O)OC(COCc3ccccc3)C2O1. The molecule has 110 valence electrons. The number of hydrogen-bond donors (Lipinski definition) is 1. The predicted octanol–water partition coefficient (Wildman–Crippen LogP) is 1.44. The summed E-state index contributed by atoms with van der Waals surface area (Å²) in [6.45, 7) is 4.55. The van der Waals surface area contributed by atoms with Crippen molar-refractivity contribution in [3.8, 4) is 0 Å². The second-order valence-electron chi connectivity index (χ2n) is 5.63. The summed E-state index contributed by atoms with van der Waals surface area (Å²) in [6, 6.07) is 9.93. The van der Waals surface area contributed by atoms with Crippen LogP contribution in [0.5, 0.6) is 0 Å². The molecular weight excluding hydrogens is 260 g/mol. The first kappa shape index (κ1) is 14.0. The van der Waals surface area contributed by atoms with E-state index in [1.807, 2.05) is 44.2 Å². The molecule has 2 heterocycles. The van der Waals surface area contributed by atoms with E-state index in [-0.39, 0.29) is 12.2 Å². The molecule has 4 atom stereocenters. The topological polar surface area (TPSA) is 57.2 Å². The summed E-state index contributed by atoms with van der Waals surface area (Å²) in [5.74, 6) is -0.683. The van der Waals surface area contributed by atoms with Crippen molar-refractivity contribution in [2.24, 2.45) is 0 Å². The van der Waals surface area contributed by atoms with Gasteiger partial charge in [-0.15, -0.1) is 0 Å². The number of aliphatic hydroxyl groups is 1. The predicted molar refractivity (Wildman–Crippen MR) is 70.8 cm³/mol. The Bertz CT molecular complexity index is 447. The van der Waals surface area contributed by atoms with Crippen molar-refractivity contribution in [1.82, 2.24) is 0 Å². The van der Waals surface area contributed by atoms with Crippen molar-refractivity contribution in [1.29, 1.82) is 0 Å². The molecule has 4 unspecified atom stereocenters. The third-order valence-electron chi connectivity index (χ3n) is 3.52. The molecule has 2 fully saturated rings. The van der Waals surface area contributed by atoms with Gasteiger partial charge in [-0.3, -0.25) is 0 Å². The Morgan fingerprint density at radius 3 is 2.60 bits per heavy atom. The first-order valence-electron chi connectivity index (χ1n) is 6.86. The van der Waals surface area contributed by atoms with E-state index in [4.69, 9.17) is 18.9 Å². The van der Waals surface area contributed by atoms with E-state index in [0.29, 0.717) is 13.2 Å². The molecule has 2 aliphatic rings. The maximum absolute atomic E-state index is 9.84. The van der Waals surface area contributed by atoms with E-state index in [0.717, 1.165) is 5.56 Å². The Labute approximate surface area is 118 Å². The lowest BCUT2D eigenvalue weighted by Crippen LogP contribution is -2.32. The van der Waals surface area contributed by atoms with Gasteiger partial charge in [0, 0.05) is 0 Å². The van der Waals surface area contributed by atoms with Crippen LogP contribution in [0.3, 0.4) is 0 Å². The van der Waals surface area contributed by atoms with Crippen LogP contribution in [0, 0.1) is 0 Å². The first-order chi connectivity index (χ1) is 9.55. The van der Waals surface area contributed by atoms with Crippen LogP contribution < -0.4 is 0 Å². The highest BCUT2D eigenvalue weighted by Gasteiger charge is 2.54. The fraction of sp³-hybridized carbons (Fsp3) is 0.600. The van der Waals surface area contributed by atoms with E-state index in [9.17, 15) is 5.11 Å². The molecule has 0 spiro atoms. The molecule has 1 aromatic rings. The van der Waals surface area contributed by atoms with Gasteiger partial charge in [-0.05, 0) is 19.4 Å². The second kappa shape index (κ2) is 5.42. The molecular formula is C15H20O5. The van der Waals surface area contributed by atoms with Gasteiger partial charge in [-0.2, -0.15) is 0 Å². The number of aliphatic hydroxyl groups excluding tert-OH is 1. The summed E-state index contributed by atoms with van der Waals surface area (Å²) in [5, 5.41) is 9.84. The molecule has 2 saturated heterocycles. The molecule has 3 rings (SSSR count). The molecule has 0 saturated carbocycles. The fourth-order valence-corrected chi connectivity index (χ4v) is 2.66. The van der Waals surface area contributed by atoms with Gasteiger partial charge in [-0.25, -0.2) is 0 Å². The molecule has 0 bridgehead atoms. The van der Waals surface area contributed by atoms with Crippen molar-refractivity contribution in [2.45, 2.75) is 50.8 Å². The van der Waals surface area contributed by atoms with Gasteiger partial charge in [-0.1, -0.05) is 30.3 Å². The Kier molecular flexibility index (Phi) is 3.79. The third-order valence-corrected chi connectivity index (χ3v) is 3.52. The van der Waals surface area contributed by atoms with Gasteiger partial charge in [0.2, 0.25) is 0 Å². The largest absolute Gasteiger partial charge is 0.374 e. The van der Waals surface area contributed by atoms with Gasteiger partial charge in [0.15, 0.2) is 12.1 Å². The highest BCUT2D eigenvalue weighted by Crippen LogP contribution is 2.37. The lowest BCUT2D eigenvalue weighted by Gasteiger charge is -2.22. The lowest BCUT2D eigenvalue weighted by molar-refractivity contribution is -0.225. The molecule has 5 heteroatoms. The van der Waals surface area contributed by atoms with Crippen LogP contribution in [0.25, 0.3) is 0 Å². The summed E-state index contributed by atoms with van der Waals surface area (Å²) in [4.78, 5) is 0. The maximum atomic E-state index is 9.84. The number of rotatable bonds is 4. The van der Waals surface area contributed by atoms with Crippen LogP contribution in [0.1, 0.15) is 19.4 Å². The zero-order valence-corrected chi connectivity index (χ0v) is 11.7. The minimum absolute atomic E-state index is 0.282. The summed E-state index contributed by atoms with van der Waals surface area (Å²) in [7, 11) is 0. The Morgan fingerprint density at radius 1 is 1.15 bits per heavy atom. The van der Waals surface area contributed by atoms with Crippen LogP contribution in [0.4, 0.5) is 0 Å². The van der Waals surface area contributed by atoms with Crippen LogP contribution in [-0.4, -0.2) is 42.1 Å². The molecule has 0 amide bonds. The number of hydrogen-bond acceptors (Lipinski definition) is 5. The van der Waals surface area contributed by atoms with Gasteiger partial charge in [0.1, 0.15) is 18.3 Å². The summed E-state index contributed by atoms with van der Waals surface area (Å²) in [6.07, 6.45) is -1.97. The van der Waals surface area contributed by atoms with E-state index in [1.54, 1.807) is 0 Å². The molecule has 0 aromatic heterocycles. The Morgan fingerprint density at radius 2 is 1.85 bits per heavy atom. The number of benzene rings is 1. The van der Waals surface area contributed by atoms with E-state index < -0.39 is 18.2 Å². The van der Waals surface area contributed by atoms with Crippen molar-refractivity contribution >= 4 is 0 Å². The van der Waals surface area contributed by atoms with E-state index in [1.165, 1.54) is 0 Å². The number of ether oxygens (including phenoxy) is 4. The zero-order chi connectivity index (χ0) is 14.2. The van der Waals surface area contributed by atoms with Crippen LogP contribution >= 0.6 is 0 Å². The minimum Gasteiger partial charge on any atom is -0.374 e. The minimum atomic E-state index is -0.952. The van der Waals surface area contributed by atoms with Gasteiger partial charge < -0.3 is 24.1 Å². The molecule has 20 heavy (non-hydrogen) atoms. The summed E-state index contributed by atoms with van der Waals surface area (Å²) in [5.41, 5.74) is 1.10. The quantitative estimate of drug-likeness (QED) is 0.904. The van der Waals surface area contributed by atoms with E-state index in [2.05, 4.69) is 0 Å². The summed E-state index contributed by atoms with van der Waals surface area (Å²) < 4.78 is 22.5. The first-order valence-corrected chi connectivity index (χ1v) is 6.86. The normalized spacial score (nSPS) is 35.1. The molecule has 0 radical (unpaired) electrons. The third kappa shape index (κ3) is 2.87. The molecule has 1 N–H and O–H groups in total. The van der Waals surface area contributed by atoms with Gasteiger partial charge in [0.05, 0.1) is 13.2 Å². The van der Waals surface area contributed by atoms with Gasteiger partial charge in [0.25, 0.3) is 0 Å². The monoisotopic (exact) mass is 280 g/mol. The van der Waals surface area contributed by atoms with Crippen LogP contribution in [0.2, 0.25) is 0 Å². The second-order valence-corrected chi connectivity index (χ2v) is 5.63. The van der Waals surface area contributed by atoms with Crippen molar-refractivity contribution < 1.29 is 24.1 Å². The molecule has 5 nitrogen and oxygen atoms in total. The average Bonchev–Trinajstić information content (AvgIpc) is 2.87. The smallest absolute Gasteiger partial charge is 0.184 e. The highest BCUT2D eigenvalue weighted by atomic mass is 16.8. The molecule has 1 aromatic carbocycles. The standard InChI is InChI=1S/C15H20O5/c1-15(2)19-12-11(18-14(16)13(12)20-15)9-17-8-10-6-4-3-5-7-10/h3-7,11-14,16H,8-9H2,1-2H3. The van der Waals surface area contributed by atoms with Crippen molar-refractivity contribution in [3.05, 3.63) is 35.9 Å². The van der Waals surface area contributed by atoms with Crippen molar-refractivity contribution in [3.63, 3.8) is 0 Å². The Hall–Kier alpha value is -0.980. The average molecular weight is 280 g/mol. The fourth-order valence-electron chi connectivity index (χ4n) is 2.66. The van der Waals surface area contributed by atoms with E-state index >= 15 is 0 Å². The lowest BCUT2D eigenvalue weighted by atomic mass is 10.1. The molecule has 0 aliphatic carbocycles. The maximum Gasteiger partial charge on any atom is 0.184 e. The highest BCUT2D eigenvalue weighted by molar-refractivity contribution is 5.13. The molecule has 2 aliphatic heterocycles. The van der Waals surface area contributed by atoms with Crippen LogP contribution in [-0.2, 0) is 25.6 Å².